The van der Waals surface area contributed by atoms with Crippen LogP contribution in [0.5, 0.6) is 0 Å². The molecule has 8 nitrogen and oxygen atoms in total. The van der Waals surface area contributed by atoms with Crippen molar-refractivity contribution in [1.82, 2.24) is 24.8 Å². The summed E-state index contributed by atoms with van der Waals surface area (Å²) in [4.78, 5) is 16.4. The van der Waals surface area contributed by atoms with Gasteiger partial charge in [-0.1, -0.05) is 54.1 Å². The number of hydrogen-bond acceptors (Lipinski definition) is 5. The Balaban J connectivity index is 1.42. The van der Waals surface area contributed by atoms with Crippen molar-refractivity contribution >= 4 is 27.5 Å². The first-order valence-corrected chi connectivity index (χ1v) is 11.8. The van der Waals surface area contributed by atoms with Crippen LogP contribution in [-0.4, -0.2) is 29.1 Å². The van der Waals surface area contributed by atoms with E-state index in [-0.39, 0.29) is 28.6 Å². The van der Waals surface area contributed by atoms with Crippen molar-refractivity contribution in [2.24, 2.45) is 0 Å². The molecule has 2 N–H and O–H groups in total. The minimum absolute atomic E-state index is 0.0378. The zero-order valence-corrected chi connectivity index (χ0v) is 18.9. The SMILES string of the molecule is O=C(NCc1ccc(-n2cncn2)cc1)c1ccc(Cl)c(S(=O)(=O)NCc2ccccc2)c1. The zero-order chi connectivity index (χ0) is 23.3. The summed E-state index contributed by atoms with van der Waals surface area (Å²) in [6.45, 7) is 0.383. The van der Waals surface area contributed by atoms with E-state index in [2.05, 4.69) is 20.1 Å². The molecule has 0 aliphatic heterocycles. The number of carbonyl (C=O) groups excluding carboxylic acids is 1. The number of aromatic nitrogens is 3. The first-order valence-electron chi connectivity index (χ1n) is 9.98. The summed E-state index contributed by atoms with van der Waals surface area (Å²) in [5.41, 5.74) is 2.72. The summed E-state index contributed by atoms with van der Waals surface area (Å²) in [6.07, 6.45) is 3.05. The molecular weight excluding hydrogens is 462 g/mol. The van der Waals surface area contributed by atoms with Crippen LogP contribution in [0.15, 0.2) is 90.3 Å². The Morgan fingerprint density at radius 2 is 1.67 bits per heavy atom. The van der Waals surface area contributed by atoms with Crippen molar-refractivity contribution in [3.05, 3.63) is 107 Å². The molecule has 0 radical (unpaired) electrons. The maximum absolute atomic E-state index is 12.8. The van der Waals surface area contributed by atoms with E-state index in [1.165, 1.54) is 24.5 Å². The first kappa shape index (κ1) is 22.7. The van der Waals surface area contributed by atoms with Crippen LogP contribution >= 0.6 is 11.6 Å². The second kappa shape index (κ2) is 9.95. The van der Waals surface area contributed by atoms with E-state index in [1.54, 1.807) is 11.0 Å². The highest BCUT2D eigenvalue weighted by atomic mass is 35.5. The van der Waals surface area contributed by atoms with Gasteiger partial charge in [0.2, 0.25) is 10.0 Å². The van der Waals surface area contributed by atoms with Crippen LogP contribution in [0.1, 0.15) is 21.5 Å². The molecular formula is C23H20ClN5O3S. The van der Waals surface area contributed by atoms with Crippen molar-refractivity contribution < 1.29 is 13.2 Å². The summed E-state index contributed by atoms with van der Waals surface area (Å²) in [6, 6.07) is 20.7. The van der Waals surface area contributed by atoms with Gasteiger partial charge in [-0.25, -0.2) is 22.8 Å². The number of carbonyl (C=O) groups is 1. The Labute approximate surface area is 196 Å². The van der Waals surface area contributed by atoms with Gasteiger partial charge >= 0.3 is 0 Å². The summed E-state index contributed by atoms with van der Waals surface area (Å²) >= 11 is 6.13. The molecule has 0 bridgehead atoms. The Kier molecular flexibility index (Phi) is 6.83. The van der Waals surface area contributed by atoms with Gasteiger partial charge in [0.1, 0.15) is 17.6 Å². The monoisotopic (exact) mass is 481 g/mol. The van der Waals surface area contributed by atoms with Gasteiger partial charge in [-0.05, 0) is 41.5 Å². The van der Waals surface area contributed by atoms with Crippen molar-refractivity contribution in [2.45, 2.75) is 18.0 Å². The number of benzene rings is 3. The number of amides is 1. The lowest BCUT2D eigenvalue weighted by Crippen LogP contribution is -2.25. The molecule has 0 aliphatic carbocycles. The van der Waals surface area contributed by atoms with Gasteiger partial charge in [0.15, 0.2) is 0 Å². The zero-order valence-electron chi connectivity index (χ0n) is 17.3. The van der Waals surface area contributed by atoms with Crippen molar-refractivity contribution in [2.75, 3.05) is 0 Å². The number of hydrogen-bond donors (Lipinski definition) is 2. The van der Waals surface area contributed by atoms with E-state index in [0.717, 1.165) is 16.8 Å². The van der Waals surface area contributed by atoms with Gasteiger partial charge in [-0.15, -0.1) is 0 Å². The third-order valence-corrected chi connectivity index (χ3v) is 6.75. The smallest absolute Gasteiger partial charge is 0.251 e. The van der Waals surface area contributed by atoms with Gasteiger partial charge in [0.05, 0.1) is 10.7 Å². The van der Waals surface area contributed by atoms with Gasteiger partial charge in [-0.3, -0.25) is 4.79 Å². The van der Waals surface area contributed by atoms with Gasteiger partial charge in [-0.2, -0.15) is 5.10 Å². The average Bonchev–Trinajstić information content (AvgIpc) is 3.37. The van der Waals surface area contributed by atoms with E-state index in [4.69, 9.17) is 11.6 Å². The molecule has 0 fully saturated rings. The van der Waals surface area contributed by atoms with E-state index in [1.807, 2.05) is 54.6 Å². The van der Waals surface area contributed by atoms with Crippen molar-refractivity contribution in [1.29, 1.82) is 0 Å². The third kappa shape index (κ3) is 5.64. The molecule has 33 heavy (non-hydrogen) atoms. The lowest BCUT2D eigenvalue weighted by Gasteiger charge is -2.11. The van der Waals surface area contributed by atoms with Gasteiger partial charge < -0.3 is 5.32 Å². The largest absolute Gasteiger partial charge is 0.348 e. The van der Waals surface area contributed by atoms with Crippen LogP contribution in [0.2, 0.25) is 5.02 Å². The molecule has 10 heteroatoms. The normalized spacial score (nSPS) is 11.3. The molecule has 168 valence electrons. The Hall–Kier alpha value is -3.53. The minimum Gasteiger partial charge on any atom is -0.348 e. The highest BCUT2D eigenvalue weighted by molar-refractivity contribution is 7.89. The number of rotatable bonds is 8. The fraction of sp³-hybridized carbons (Fsp3) is 0.0870. The summed E-state index contributed by atoms with van der Waals surface area (Å²) in [5.74, 6) is -0.411. The Morgan fingerprint density at radius 1 is 0.939 bits per heavy atom. The van der Waals surface area contributed by atoms with Crippen LogP contribution in [0.25, 0.3) is 5.69 Å². The second-order valence-electron chi connectivity index (χ2n) is 7.14. The maximum Gasteiger partial charge on any atom is 0.251 e. The van der Waals surface area contributed by atoms with Crippen LogP contribution in [-0.2, 0) is 23.1 Å². The molecule has 1 amide bonds. The molecule has 0 unspecified atom stereocenters. The third-order valence-electron chi connectivity index (χ3n) is 4.86. The summed E-state index contributed by atoms with van der Waals surface area (Å²) in [5, 5.41) is 6.90. The standard InChI is InChI=1S/C23H20ClN5O3S/c24-21-11-8-19(12-22(21)33(31,32)28-14-17-4-2-1-3-5-17)23(30)26-13-18-6-9-20(10-7-18)29-16-25-15-27-29/h1-12,15-16,28H,13-14H2,(H,26,30). The fourth-order valence-electron chi connectivity index (χ4n) is 3.09. The predicted molar refractivity (Wildman–Crippen MR) is 124 cm³/mol. The van der Waals surface area contributed by atoms with Crippen LogP contribution in [0.3, 0.4) is 0 Å². The van der Waals surface area contributed by atoms with Crippen molar-refractivity contribution in [3.8, 4) is 5.69 Å². The number of nitrogens with one attached hydrogen (secondary N) is 2. The number of halogens is 1. The predicted octanol–water partition coefficient (Wildman–Crippen LogP) is 3.33. The Bertz CT molecular complexity index is 1340. The molecule has 0 atom stereocenters. The lowest BCUT2D eigenvalue weighted by molar-refractivity contribution is 0.0950. The molecule has 0 spiro atoms. The number of nitrogens with zero attached hydrogens (tertiary/aromatic N) is 3. The topological polar surface area (TPSA) is 106 Å². The van der Waals surface area contributed by atoms with Crippen LogP contribution in [0.4, 0.5) is 0 Å². The molecule has 0 aliphatic rings. The molecule has 4 rings (SSSR count). The van der Waals surface area contributed by atoms with Crippen LogP contribution in [0, 0.1) is 0 Å². The van der Waals surface area contributed by atoms with Crippen molar-refractivity contribution in [3.63, 3.8) is 0 Å². The minimum atomic E-state index is -3.91. The van der Waals surface area contributed by atoms with Crippen LogP contribution < -0.4 is 10.0 Å². The maximum atomic E-state index is 12.8. The highest BCUT2D eigenvalue weighted by Crippen LogP contribution is 2.23. The summed E-state index contributed by atoms with van der Waals surface area (Å²) < 4.78 is 29.7. The fourth-order valence-corrected chi connectivity index (χ4v) is 4.64. The molecule has 0 saturated carbocycles. The average molecular weight is 482 g/mol. The molecule has 3 aromatic carbocycles. The number of sulfonamides is 1. The van der Waals surface area contributed by atoms with E-state index < -0.39 is 15.9 Å². The highest BCUT2D eigenvalue weighted by Gasteiger charge is 2.20. The van der Waals surface area contributed by atoms with Gasteiger partial charge in [0, 0.05) is 18.7 Å². The summed E-state index contributed by atoms with van der Waals surface area (Å²) in [7, 11) is -3.91. The lowest BCUT2D eigenvalue weighted by atomic mass is 10.2. The molecule has 1 heterocycles. The van der Waals surface area contributed by atoms with Gasteiger partial charge in [0.25, 0.3) is 5.91 Å². The first-order chi connectivity index (χ1) is 15.9. The second-order valence-corrected chi connectivity index (χ2v) is 9.29. The van der Waals surface area contributed by atoms with E-state index in [9.17, 15) is 13.2 Å². The molecule has 1 aromatic heterocycles. The molecule has 4 aromatic rings. The van der Waals surface area contributed by atoms with E-state index >= 15 is 0 Å². The van der Waals surface area contributed by atoms with E-state index in [0.29, 0.717) is 0 Å². The Morgan fingerprint density at radius 3 is 2.36 bits per heavy atom. The molecule has 0 saturated heterocycles. The quantitative estimate of drug-likeness (QED) is 0.401.